The van der Waals surface area contributed by atoms with Gasteiger partial charge in [0.05, 0.1) is 0 Å². The second-order valence-corrected chi connectivity index (χ2v) is 6.70. The van der Waals surface area contributed by atoms with E-state index < -0.39 is 0 Å². The number of hydrogen-bond acceptors (Lipinski definition) is 3. The van der Waals surface area contributed by atoms with Gasteiger partial charge in [0.2, 0.25) is 0 Å². The molecule has 1 heterocycles. The maximum atomic E-state index is 11.5. The van der Waals surface area contributed by atoms with Gasteiger partial charge in [0, 0.05) is 25.0 Å². The van der Waals surface area contributed by atoms with Gasteiger partial charge in [-0.2, -0.15) is 0 Å². The summed E-state index contributed by atoms with van der Waals surface area (Å²) < 4.78 is 7.51. The summed E-state index contributed by atoms with van der Waals surface area (Å²) in [6.07, 6.45) is 18.7. The van der Waals surface area contributed by atoms with Gasteiger partial charge in [-0.25, -0.2) is 9.78 Å². The molecule has 0 radical (unpaired) electrons. The number of rotatable bonds is 15. The molecule has 26 heavy (non-hydrogen) atoms. The molecule has 0 aliphatic rings. The third-order valence-electron chi connectivity index (χ3n) is 4.58. The van der Waals surface area contributed by atoms with Gasteiger partial charge in [0.1, 0.15) is 5.82 Å². The molecule has 0 fully saturated rings. The van der Waals surface area contributed by atoms with E-state index in [2.05, 4.69) is 23.1 Å². The molecule has 1 rings (SSSR count). The van der Waals surface area contributed by atoms with Gasteiger partial charge >= 0.3 is 5.97 Å². The number of imidazole rings is 1. The van der Waals surface area contributed by atoms with E-state index >= 15 is 0 Å². The molecule has 0 spiro atoms. The average molecular weight is 385 g/mol. The fourth-order valence-electron chi connectivity index (χ4n) is 3.07. The molecule has 0 aromatic carbocycles. The zero-order chi connectivity index (χ0) is 18.3. The van der Waals surface area contributed by atoms with Crippen LogP contribution in [0.15, 0.2) is 25.0 Å². The van der Waals surface area contributed by atoms with Gasteiger partial charge in [-0.15, -0.1) is 12.4 Å². The van der Waals surface area contributed by atoms with Crippen molar-refractivity contribution >= 4 is 18.4 Å². The minimum Gasteiger partial charge on any atom is -0.451 e. The molecular weight excluding hydrogens is 348 g/mol. The van der Waals surface area contributed by atoms with Crippen LogP contribution in [0.4, 0.5) is 0 Å². The first-order valence-corrected chi connectivity index (χ1v) is 10.1. The molecule has 1 aromatic heterocycles. The molecule has 4 nitrogen and oxygen atoms in total. The summed E-state index contributed by atoms with van der Waals surface area (Å²) >= 11 is 0. The van der Waals surface area contributed by atoms with Crippen molar-refractivity contribution in [3.05, 3.63) is 30.9 Å². The standard InChI is InChI=1S/C21H36N2O2.ClH/c1-4-7-8-9-10-11-12-13-14-15-17-23-18-16-22-21(23)19(5-2)25-20(24)6-3;/h6,16,18-19H,3-5,7-15,17H2,1-2H3;1H. The van der Waals surface area contributed by atoms with Crippen molar-refractivity contribution in [1.29, 1.82) is 0 Å². The molecule has 0 saturated heterocycles. The summed E-state index contributed by atoms with van der Waals surface area (Å²) in [6, 6.07) is 0. The average Bonchev–Trinajstić information content (AvgIpc) is 3.09. The van der Waals surface area contributed by atoms with Crippen LogP contribution in [-0.4, -0.2) is 15.5 Å². The van der Waals surface area contributed by atoms with Gasteiger partial charge in [0.25, 0.3) is 0 Å². The van der Waals surface area contributed by atoms with Crippen LogP contribution in [0.5, 0.6) is 0 Å². The highest BCUT2D eigenvalue weighted by Gasteiger charge is 2.18. The lowest BCUT2D eigenvalue weighted by molar-refractivity contribution is -0.144. The Morgan fingerprint density at radius 1 is 1.12 bits per heavy atom. The van der Waals surface area contributed by atoms with Crippen molar-refractivity contribution in [2.45, 2.75) is 97.1 Å². The lowest BCUT2D eigenvalue weighted by atomic mass is 10.1. The predicted octanol–water partition coefficient (Wildman–Crippen LogP) is 6.41. The molecule has 5 heteroatoms. The molecule has 1 atom stereocenters. The van der Waals surface area contributed by atoms with Crippen LogP contribution >= 0.6 is 12.4 Å². The number of unbranched alkanes of at least 4 members (excludes halogenated alkanes) is 9. The molecule has 0 saturated carbocycles. The Hall–Kier alpha value is -1.29. The van der Waals surface area contributed by atoms with E-state index in [-0.39, 0.29) is 24.5 Å². The van der Waals surface area contributed by atoms with Crippen LogP contribution in [0.25, 0.3) is 0 Å². The topological polar surface area (TPSA) is 44.1 Å². The van der Waals surface area contributed by atoms with Gasteiger partial charge in [0.15, 0.2) is 6.10 Å². The van der Waals surface area contributed by atoms with Gasteiger partial charge in [-0.05, 0) is 12.8 Å². The number of hydrogen-bond donors (Lipinski definition) is 0. The molecule has 0 aliphatic heterocycles. The van der Waals surface area contributed by atoms with Crippen molar-refractivity contribution in [3.63, 3.8) is 0 Å². The monoisotopic (exact) mass is 384 g/mol. The minimum atomic E-state index is -0.389. The number of halogens is 1. The lowest BCUT2D eigenvalue weighted by Crippen LogP contribution is -2.14. The highest BCUT2D eigenvalue weighted by atomic mass is 35.5. The minimum absolute atomic E-state index is 0. The Balaban J connectivity index is 0.00000625. The molecule has 150 valence electrons. The number of aromatic nitrogens is 2. The number of aryl methyl sites for hydroxylation is 1. The number of carbonyl (C=O) groups excluding carboxylic acids is 1. The first-order valence-electron chi connectivity index (χ1n) is 10.1. The second-order valence-electron chi connectivity index (χ2n) is 6.70. The third kappa shape index (κ3) is 10.0. The van der Waals surface area contributed by atoms with E-state index in [9.17, 15) is 4.79 Å². The number of esters is 1. The zero-order valence-corrected chi connectivity index (χ0v) is 17.4. The summed E-state index contributed by atoms with van der Waals surface area (Å²) in [5, 5.41) is 0. The van der Waals surface area contributed by atoms with Crippen LogP contribution in [0, 0.1) is 0 Å². The Labute approximate surface area is 165 Å². The number of carbonyl (C=O) groups is 1. The van der Waals surface area contributed by atoms with Gasteiger partial charge in [-0.1, -0.05) is 78.2 Å². The first-order chi connectivity index (χ1) is 12.2. The maximum Gasteiger partial charge on any atom is 0.330 e. The van der Waals surface area contributed by atoms with E-state index in [4.69, 9.17) is 4.74 Å². The fraction of sp³-hybridized carbons (Fsp3) is 0.714. The van der Waals surface area contributed by atoms with Crippen LogP contribution in [0.2, 0.25) is 0 Å². The van der Waals surface area contributed by atoms with Crippen LogP contribution < -0.4 is 0 Å². The van der Waals surface area contributed by atoms with Crippen molar-refractivity contribution in [3.8, 4) is 0 Å². The molecule has 0 N–H and O–H groups in total. The maximum absolute atomic E-state index is 11.5. The summed E-state index contributed by atoms with van der Waals surface area (Å²) in [4.78, 5) is 15.8. The van der Waals surface area contributed by atoms with Crippen molar-refractivity contribution in [2.75, 3.05) is 0 Å². The SMILES string of the molecule is C=CC(=O)OC(CC)c1nccn1CCCCCCCCCCCC.Cl. The van der Waals surface area contributed by atoms with Gasteiger partial charge in [-0.3, -0.25) is 0 Å². The molecule has 1 unspecified atom stereocenters. The van der Waals surface area contributed by atoms with Crippen LogP contribution in [0.1, 0.15) is 96.4 Å². The Bertz CT molecular complexity index is 488. The molecule has 0 aliphatic carbocycles. The highest BCUT2D eigenvalue weighted by molar-refractivity contribution is 5.85. The van der Waals surface area contributed by atoms with Crippen molar-refractivity contribution < 1.29 is 9.53 Å². The molecular formula is C21H37ClN2O2. The fourth-order valence-corrected chi connectivity index (χ4v) is 3.07. The number of ether oxygens (including phenoxy) is 1. The van der Waals surface area contributed by atoms with Crippen LogP contribution in [0.3, 0.4) is 0 Å². The third-order valence-corrected chi connectivity index (χ3v) is 4.58. The zero-order valence-electron chi connectivity index (χ0n) is 16.6. The molecule has 0 amide bonds. The lowest BCUT2D eigenvalue weighted by Gasteiger charge is -2.16. The van der Waals surface area contributed by atoms with E-state index in [1.54, 1.807) is 6.20 Å². The second kappa shape index (κ2) is 15.9. The smallest absolute Gasteiger partial charge is 0.330 e. The number of nitrogens with zero attached hydrogens (tertiary/aromatic N) is 2. The largest absolute Gasteiger partial charge is 0.451 e. The van der Waals surface area contributed by atoms with Gasteiger partial charge < -0.3 is 9.30 Å². The van der Waals surface area contributed by atoms with E-state index in [0.29, 0.717) is 6.42 Å². The van der Waals surface area contributed by atoms with Crippen molar-refractivity contribution in [2.24, 2.45) is 0 Å². The van der Waals surface area contributed by atoms with Crippen molar-refractivity contribution in [1.82, 2.24) is 9.55 Å². The summed E-state index contributed by atoms with van der Waals surface area (Å²) in [7, 11) is 0. The Morgan fingerprint density at radius 3 is 2.23 bits per heavy atom. The quantitative estimate of drug-likeness (QED) is 0.199. The highest BCUT2D eigenvalue weighted by Crippen LogP contribution is 2.20. The summed E-state index contributed by atoms with van der Waals surface area (Å²) in [5.41, 5.74) is 0. The molecule has 0 bridgehead atoms. The van der Waals surface area contributed by atoms with E-state index in [1.807, 2.05) is 13.1 Å². The normalized spacial score (nSPS) is 11.6. The Kier molecular flexibility index (Phi) is 15.1. The first kappa shape index (κ1) is 24.7. The summed E-state index contributed by atoms with van der Waals surface area (Å²) in [6.45, 7) is 8.66. The van der Waals surface area contributed by atoms with E-state index in [0.717, 1.165) is 18.8 Å². The predicted molar refractivity (Wildman–Crippen MR) is 111 cm³/mol. The Morgan fingerprint density at radius 2 is 1.69 bits per heavy atom. The van der Waals surface area contributed by atoms with Crippen LogP contribution in [-0.2, 0) is 16.1 Å². The molecule has 1 aromatic rings. The van der Waals surface area contributed by atoms with E-state index in [1.165, 1.54) is 63.9 Å². The summed E-state index contributed by atoms with van der Waals surface area (Å²) in [5.74, 6) is 0.453.